The first-order chi connectivity index (χ1) is 23.4. The van der Waals surface area contributed by atoms with Crippen LogP contribution in [-0.4, -0.2) is 72.3 Å². The number of aromatic nitrogens is 5. The van der Waals surface area contributed by atoms with Crippen molar-refractivity contribution in [3.05, 3.63) is 85.9 Å². The second-order valence-corrected chi connectivity index (χ2v) is 12.9. The van der Waals surface area contributed by atoms with Gasteiger partial charge >= 0.3 is 6.18 Å². The van der Waals surface area contributed by atoms with Crippen LogP contribution in [0.15, 0.2) is 41.5 Å². The number of ether oxygens (including phenoxy) is 1. The number of piperidine rings is 1. The lowest BCUT2D eigenvalue weighted by atomic mass is 9.74. The Morgan fingerprint density at radius 1 is 1.12 bits per heavy atom. The summed E-state index contributed by atoms with van der Waals surface area (Å²) in [5, 5.41) is 17.4. The summed E-state index contributed by atoms with van der Waals surface area (Å²) in [6.07, 6.45) is 1.13. The topological polar surface area (TPSA) is 144 Å². The average Bonchev–Trinajstić information content (AvgIpc) is 3.69. The first kappa shape index (κ1) is 32.8. The summed E-state index contributed by atoms with van der Waals surface area (Å²) < 4.78 is 48.1. The first-order valence-corrected chi connectivity index (χ1v) is 16.1. The van der Waals surface area contributed by atoms with Crippen LogP contribution in [0.3, 0.4) is 0 Å². The summed E-state index contributed by atoms with van der Waals surface area (Å²) in [6, 6.07) is 4.47. The van der Waals surface area contributed by atoms with Gasteiger partial charge in [0.1, 0.15) is 18.5 Å². The molecule has 2 N–H and O–H groups in total. The second-order valence-electron chi connectivity index (χ2n) is 12.5. The number of alkyl halides is 3. The van der Waals surface area contributed by atoms with Gasteiger partial charge in [-0.2, -0.15) is 22.8 Å². The van der Waals surface area contributed by atoms with Gasteiger partial charge in [0.15, 0.2) is 11.4 Å². The number of amides is 2. The average molecular weight is 698 g/mol. The van der Waals surface area contributed by atoms with Crippen LogP contribution in [0.2, 0.25) is 5.02 Å². The quantitative estimate of drug-likeness (QED) is 0.310. The van der Waals surface area contributed by atoms with Crippen LogP contribution in [0.25, 0.3) is 11.2 Å². The molecular formula is C33H31ClF3N7O5. The van der Waals surface area contributed by atoms with Crippen molar-refractivity contribution >= 4 is 40.3 Å². The van der Waals surface area contributed by atoms with Crippen LogP contribution >= 0.6 is 11.6 Å². The van der Waals surface area contributed by atoms with E-state index in [9.17, 15) is 32.7 Å². The van der Waals surface area contributed by atoms with Gasteiger partial charge in [-0.1, -0.05) is 17.7 Å². The number of carbonyl (C=O) groups excluding carboxylic acids is 2. The van der Waals surface area contributed by atoms with E-state index in [0.29, 0.717) is 86.7 Å². The number of anilines is 1. The normalized spacial score (nSPS) is 17.3. The van der Waals surface area contributed by atoms with Crippen LogP contribution in [0.5, 0.6) is 5.75 Å². The number of aromatic hydroxyl groups is 1. The Hall–Kier alpha value is -4.76. The predicted molar refractivity (Wildman–Crippen MR) is 172 cm³/mol. The monoisotopic (exact) mass is 697 g/mol. The molecule has 1 spiro atoms. The van der Waals surface area contributed by atoms with Crippen molar-refractivity contribution in [2.75, 3.05) is 31.6 Å². The predicted octanol–water partition coefficient (Wildman–Crippen LogP) is 4.53. The highest BCUT2D eigenvalue weighted by atomic mass is 35.5. The number of likely N-dealkylation sites (tertiary alicyclic amines) is 1. The molecule has 16 heteroatoms. The Balaban J connectivity index is 1.23. The summed E-state index contributed by atoms with van der Waals surface area (Å²) in [4.78, 5) is 50.6. The lowest BCUT2D eigenvalue weighted by Crippen LogP contribution is -2.46. The van der Waals surface area contributed by atoms with Gasteiger partial charge in [0, 0.05) is 35.8 Å². The smallest absolute Gasteiger partial charge is 0.416 e. The lowest BCUT2D eigenvalue weighted by Gasteiger charge is -2.39. The molecule has 5 heterocycles. The molecule has 2 amide bonds. The van der Waals surface area contributed by atoms with Crippen molar-refractivity contribution in [3.8, 4) is 5.75 Å². The molecule has 0 atom stereocenters. The van der Waals surface area contributed by atoms with E-state index in [1.54, 1.807) is 22.5 Å². The van der Waals surface area contributed by atoms with E-state index < -0.39 is 29.0 Å². The van der Waals surface area contributed by atoms with Gasteiger partial charge in [0.05, 0.1) is 40.9 Å². The van der Waals surface area contributed by atoms with Gasteiger partial charge in [-0.15, -0.1) is 0 Å². The highest BCUT2D eigenvalue weighted by molar-refractivity contribution is 6.33. The SMILES string of the molecule is Cc1ncnc(C(=O)N2CCC3(CCc4c3c(=O)n3nc(C5=CCOCC5)cc3n4CC(=O)Nc3ccc(C(F)(F)F)cc3Cl)CC2)c1O. The van der Waals surface area contributed by atoms with Gasteiger partial charge in [0.25, 0.3) is 11.5 Å². The number of aryl methyl sites for hydroxylation is 1. The fourth-order valence-electron chi connectivity index (χ4n) is 7.12. The van der Waals surface area contributed by atoms with Gasteiger partial charge < -0.3 is 24.6 Å². The molecule has 12 nitrogen and oxygen atoms in total. The van der Waals surface area contributed by atoms with Gasteiger partial charge in [-0.25, -0.2) is 9.97 Å². The molecular weight excluding hydrogens is 667 g/mol. The maximum Gasteiger partial charge on any atom is 0.416 e. The van der Waals surface area contributed by atoms with Crippen molar-refractivity contribution in [2.24, 2.45) is 0 Å². The third-order valence-electron chi connectivity index (χ3n) is 9.74. The zero-order valence-corrected chi connectivity index (χ0v) is 27.1. The second kappa shape index (κ2) is 12.3. The number of fused-ring (bicyclic) bond motifs is 3. The van der Waals surface area contributed by atoms with E-state index in [-0.39, 0.29) is 34.3 Å². The van der Waals surface area contributed by atoms with Crippen molar-refractivity contribution in [3.63, 3.8) is 0 Å². The molecule has 7 rings (SSSR count). The van der Waals surface area contributed by atoms with E-state index in [0.717, 1.165) is 23.8 Å². The van der Waals surface area contributed by atoms with E-state index >= 15 is 0 Å². The van der Waals surface area contributed by atoms with Crippen LogP contribution < -0.4 is 10.9 Å². The molecule has 1 saturated heterocycles. The number of nitrogens with one attached hydrogen (secondary N) is 1. The molecule has 3 aliphatic rings. The van der Waals surface area contributed by atoms with E-state index in [1.807, 2.05) is 6.08 Å². The molecule has 0 unspecified atom stereocenters. The molecule has 0 radical (unpaired) electrons. The summed E-state index contributed by atoms with van der Waals surface area (Å²) in [5.74, 6) is -1.25. The fraction of sp³-hybridized carbons (Fsp3) is 0.394. The number of rotatable bonds is 5. The summed E-state index contributed by atoms with van der Waals surface area (Å²) in [6.45, 7) is 2.85. The van der Waals surface area contributed by atoms with E-state index in [2.05, 4.69) is 20.4 Å². The van der Waals surface area contributed by atoms with Crippen LogP contribution in [0.4, 0.5) is 18.9 Å². The molecule has 1 fully saturated rings. The van der Waals surface area contributed by atoms with Gasteiger partial charge in [-0.05, 0) is 62.8 Å². The summed E-state index contributed by atoms with van der Waals surface area (Å²) in [7, 11) is 0. The number of hydrogen-bond donors (Lipinski definition) is 2. The van der Waals surface area contributed by atoms with Gasteiger partial charge in [0.2, 0.25) is 5.91 Å². The van der Waals surface area contributed by atoms with E-state index in [4.69, 9.17) is 16.3 Å². The zero-order chi connectivity index (χ0) is 34.7. The number of nitrogens with zero attached hydrogens (tertiary/aromatic N) is 6. The zero-order valence-electron chi connectivity index (χ0n) is 26.3. The lowest BCUT2D eigenvalue weighted by molar-refractivity contribution is -0.137. The highest BCUT2D eigenvalue weighted by Crippen LogP contribution is 2.45. The minimum Gasteiger partial charge on any atom is -0.504 e. The Labute approximate surface area is 282 Å². The molecule has 2 aliphatic heterocycles. The minimum absolute atomic E-state index is 0.0216. The Kier molecular flexibility index (Phi) is 8.22. The molecule has 0 saturated carbocycles. The van der Waals surface area contributed by atoms with Crippen LogP contribution in [0, 0.1) is 6.92 Å². The Morgan fingerprint density at radius 3 is 2.59 bits per heavy atom. The Morgan fingerprint density at radius 2 is 1.90 bits per heavy atom. The first-order valence-electron chi connectivity index (χ1n) is 15.8. The highest BCUT2D eigenvalue weighted by Gasteiger charge is 2.46. The van der Waals surface area contributed by atoms with Crippen molar-refractivity contribution in [1.29, 1.82) is 0 Å². The third-order valence-corrected chi connectivity index (χ3v) is 10.1. The minimum atomic E-state index is -4.59. The maximum atomic E-state index is 14.3. The van der Waals surface area contributed by atoms with Crippen molar-refractivity contribution in [1.82, 2.24) is 29.0 Å². The standard InChI is InChI=1S/C33H31ClF3N7O5/c1-18-29(46)28(39-17-38-18)31(48)42-10-8-32(9-11-42)7-4-24-27(32)30(47)44-26(15-23(41-44)19-5-12-49-13-6-19)43(24)16-25(45)40-22-3-2-20(14-21(22)34)33(35,36)37/h2-3,5,14-15,17,46H,4,6-13,16H2,1H3,(H,40,45). The number of hydrogen-bond acceptors (Lipinski definition) is 8. The number of benzene rings is 1. The van der Waals surface area contributed by atoms with Crippen molar-refractivity contribution in [2.45, 2.75) is 57.2 Å². The number of carbonyl (C=O) groups is 2. The molecule has 4 aromatic rings. The third kappa shape index (κ3) is 5.84. The fourth-order valence-corrected chi connectivity index (χ4v) is 7.35. The molecule has 1 aromatic carbocycles. The van der Waals surface area contributed by atoms with Crippen molar-refractivity contribution < 1.29 is 32.6 Å². The van der Waals surface area contributed by atoms with Gasteiger partial charge in [-0.3, -0.25) is 14.4 Å². The molecule has 49 heavy (non-hydrogen) atoms. The summed E-state index contributed by atoms with van der Waals surface area (Å²) in [5.41, 5.74) is 1.49. The van der Waals surface area contributed by atoms with E-state index in [1.165, 1.54) is 10.8 Å². The number of halogens is 4. The molecule has 0 bridgehead atoms. The summed E-state index contributed by atoms with van der Waals surface area (Å²) >= 11 is 6.13. The Bertz CT molecular complexity index is 2100. The maximum absolute atomic E-state index is 14.3. The molecule has 3 aromatic heterocycles. The largest absolute Gasteiger partial charge is 0.504 e. The van der Waals surface area contributed by atoms with Crippen LogP contribution in [0.1, 0.15) is 64.4 Å². The molecule has 1 aliphatic carbocycles. The van der Waals surface area contributed by atoms with Crippen LogP contribution in [-0.2, 0) is 34.1 Å². The molecule has 256 valence electrons.